The standard InChI is InChI=1S/C19H29N3O3S.ClH/c1-14-12-15(2)18(16(3)13-14)26(24,25)22-8-4-17(5-9-22)19(23)21-10-6-20-7-11-21;/h12-13,17,20H,4-11H2,1-3H3;1H. The van der Waals surface area contributed by atoms with Crippen LogP contribution in [0.2, 0.25) is 0 Å². The monoisotopic (exact) mass is 415 g/mol. The highest BCUT2D eigenvalue weighted by Crippen LogP contribution is 2.29. The lowest BCUT2D eigenvalue weighted by molar-refractivity contribution is -0.137. The smallest absolute Gasteiger partial charge is 0.243 e. The minimum absolute atomic E-state index is 0. The molecule has 2 heterocycles. The van der Waals surface area contributed by atoms with Crippen molar-refractivity contribution in [3.8, 4) is 0 Å². The number of amides is 1. The van der Waals surface area contributed by atoms with E-state index >= 15 is 0 Å². The molecule has 0 bridgehead atoms. The van der Waals surface area contributed by atoms with Gasteiger partial charge in [-0.3, -0.25) is 4.79 Å². The minimum Gasteiger partial charge on any atom is -0.340 e. The van der Waals surface area contributed by atoms with E-state index in [-0.39, 0.29) is 24.2 Å². The summed E-state index contributed by atoms with van der Waals surface area (Å²) in [4.78, 5) is 15.0. The Morgan fingerprint density at radius 2 is 1.52 bits per heavy atom. The van der Waals surface area contributed by atoms with Gasteiger partial charge in [0.1, 0.15) is 0 Å². The van der Waals surface area contributed by atoms with Crippen LogP contribution in [0, 0.1) is 26.7 Å². The van der Waals surface area contributed by atoms with Crippen molar-refractivity contribution in [2.75, 3.05) is 39.3 Å². The quantitative estimate of drug-likeness (QED) is 0.818. The first kappa shape index (κ1) is 22.1. The molecule has 0 aromatic heterocycles. The SMILES string of the molecule is Cc1cc(C)c(S(=O)(=O)N2CCC(C(=O)N3CCNCC3)CC2)c(C)c1.Cl. The lowest BCUT2D eigenvalue weighted by Gasteiger charge is -2.35. The van der Waals surface area contributed by atoms with Crippen molar-refractivity contribution in [3.63, 3.8) is 0 Å². The maximum absolute atomic E-state index is 13.1. The highest BCUT2D eigenvalue weighted by molar-refractivity contribution is 7.89. The average molecular weight is 416 g/mol. The molecule has 1 aromatic carbocycles. The number of hydrogen-bond donors (Lipinski definition) is 1. The molecule has 0 radical (unpaired) electrons. The van der Waals surface area contributed by atoms with Crippen molar-refractivity contribution in [2.45, 2.75) is 38.5 Å². The fourth-order valence-corrected chi connectivity index (χ4v) is 6.07. The highest BCUT2D eigenvalue weighted by Gasteiger charge is 2.35. The van der Waals surface area contributed by atoms with Crippen LogP contribution >= 0.6 is 12.4 Å². The Hall–Kier alpha value is -1.15. The van der Waals surface area contributed by atoms with Gasteiger partial charge in [0.2, 0.25) is 15.9 Å². The molecule has 2 aliphatic heterocycles. The maximum Gasteiger partial charge on any atom is 0.243 e. The molecule has 2 aliphatic rings. The minimum atomic E-state index is -3.52. The predicted octanol–water partition coefficient (Wildman–Crippen LogP) is 1.87. The van der Waals surface area contributed by atoms with Gasteiger partial charge in [0.05, 0.1) is 4.90 Å². The van der Waals surface area contributed by atoms with Gasteiger partial charge in [-0.05, 0) is 44.7 Å². The van der Waals surface area contributed by atoms with Crippen LogP contribution in [0.3, 0.4) is 0 Å². The number of piperidine rings is 1. The van der Waals surface area contributed by atoms with Gasteiger partial charge in [-0.25, -0.2) is 8.42 Å². The molecule has 0 aliphatic carbocycles. The molecule has 27 heavy (non-hydrogen) atoms. The molecule has 1 aromatic rings. The summed E-state index contributed by atoms with van der Waals surface area (Å²) in [5, 5.41) is 3.25. The summed E-state index contributed by atoms with van der Waals surface area (Å²) >= 11 is 0. The summed E-state index contributed by atoms with van der Waals surface area (Å²) in [5.74, 6) is 0.131. The van der Waals surface area contributed by atoms with Gasteiger partial charge in [0.15, 0.2) is 0 Å². The zero-order chi connectivity index (χ0) is 18.9. The first-order chi connectivity index (χ1) is 12.3. The number of nitrogens with one attached hydrogen (secondary N) is 1. The number of benzene rings is 1. The molecular weight excluding hydrogens is 386 g/mol. The van der Waals surface area contributed by atoms with Crippen molar-refractivity contribution in [1.82, 2.24) is 14.5 Å². The van der Waals surface area contributed by atoms with E-state index in [9.17, 15) is 13.2 Å². The van der Waals surface area contributed by atoms with Crippen LogP contribution in [0.15, 0.2) is 17.0 Å². The third-order valence-electron chi connectivity index (χ3n) is 5.43. The van der Waals surface area contributed by atoms with Crippen molar-refractivity contribution < 1.29 is 13.2 Å². The number of carbonyl (C=O) groups is 1. The number of nitrogens with zero attached hydrogens (tertiary/aromatic N) is 2. The molecular formula is C19H30ClN3O3S. The van der Waals surface area contributed by atoms with E-state index in [0.29, 0.717) is 30.8 Å². The van der Waals surface area contributed by atoms with Gasteiger partial charge in [-0.1, -0.05) is 17.7 Å². The fourth-order valence-electron chi connectivity index (χ4n) is 4.19. The maximum atomic E-state index is 13.1. The van der Waals surface area contributed by atoms with Crippen molar-refractivity contribution >= 4 is 28.3 Å². The Kier molecular flexibility index (Phi) is 7.30. The van der Waals surface area contributed by atoms with Crippen molar-refractivity contribution in [2.24, 2.45) is 5.92 Å². The Morgan fingerprint density at radius 1 is 1.00 bits per heavy atom. The van der Waals surface area contributed by atoms with E-state index in [0.717, 1.165) is 42.9 Å². The molecule has 0 spiro atoms. The summed E-state index contributed by atoms with van der Waals surface area (Å²) in [6.45, 7) is 9.69. The van der Waals surface area contributed by atoms with E-state index in [2.05, 4.69) is 5.32 Å². The summed E-state index contributed by atoms with van der Waals surface area (Å²) in [5.41, 5.74) is 2.65. The number of rotatable bonds is 3. The predicted molar refractivity (Wildman–Crippen MR) is 109 cm³/mol. The Bertz CT molecular complexity index is 760. The van der Waals surface area contributed by atoms with Crippen molar-refractivity contribution in [3.05, 3.63) is 28.8 Å². The van der Waals surface area contributed by atoms with Crippen LogP contribution in [-0.2, 0) is 14.8 Å². The van der Waals surface area contributed by atoms with Gasteiger partial charge >= 0.3 is 0 Å². The third kappa shape index (κ3) is 4.65. The largest absolute Gasteiger partial charge is 0.340 e. The fraction of sp³-hybridized carbons (Fsp3) is 0.632. The number of halogens is 1. The molecule has 2 saturated heterocycles. The lowest BCUT2D eigenvalue weighted by atomic mass is 9.96. The van der Waals surface area contributed by atoms with Crippen LogP contribution in [0.4, 0.5) is 0 Å². The molecule has 2 fully saturated rings. The van der Waals surface area contributed by atoms with Gasteiger partial charge < -0.3 is 10.2 Å². The first-order valence-corrected chi connectivity index (χ1v) is 10.8. The van der Waals surface area contributed by atoms with Crippen LogP contribution in [0.1, 0.15) is 29.5 Å². The van der Waals surface area contributed by atoms with E-state index in [1.165, 1.54) is 0 Å². The molecule has 1 N–H and O–H groups in total. The average Bonchev–Trinajstić information content (AvgIpc) is 2.61. The van der Waals surface area contributed by atoms with Gasteiger partial charge in [0.25, 0.3) is 0 Å². The van der Waals surface area contributed by atoms with E-state index in [4.69, 9.17) is 0 Å². The number of hydrogen-bond acceptors (Lipinski definition) is 4. The molecule has 152 valence electrons. The Balaban J connectivity index is 0.00000261. The topological polar surface area (TPSA) is 69.7 Å². The lowest BCUT2D eigenvalue weighted by Crippen LogP contribution is -2.50. The first-order valence-electron chi connectivity index (χ1n) is 9.38. The van der Waals surface area contributed by atoms with Gasteiger partial charge in [0, 0.05) is 45.2 Å². The van der Waals surface area contributed by atoms with Crippen LogP contribution < -0.4 is 5.32 Å². The highest BCUT2D eigenvalue weighted by atomic mass is 35.5. The molecule has 3 rings (SSSR count). The Labute approximate surface area is 168 Å². The summed E-state index contributed by atoms with van der Waals surface area (Å²) in [6, 6.07) is 3.83. The molecule has 0 atom stereocenters. The number of carbonyl (C=O) groups excluding carboxylic acids is 1. The number of piperazine rings is 1. The summed E-state index contributed by atoms with van der Waals surface area (Å²) in [7, 11) is -3.52. The molecule has 8 heteroatoms. The van der Waals surface area contributed by atoms with Crippen LogP contribution in [-0.4, -0.2) is 62.8 Å². The van der Waals surface area contributed by atoms with Crippen molar-refractivity contribution in [1.29, 1.82) is 0 Å². The Morgan fingerprint density at radius 3 is 2.04 bits per heavy atom. The number of sulfonamides is 1. The summed E-state index contributed by atoms with van der Waals surface area (Å²) < 4.78 is 27.8. The molecule has 6 nitrogen and oxygen atoms in total. The second kappa shape index (κ2) is 8.90. The number of aryl methyl sites for hydroxylation is 3. The van der Waals surface area contributed by atoms with Crippen LogP contribution in [0.5, 0.6) is 0 Å². The van der Waals surface area contributed by atoms with E-state index in [1.807, 2.05) is 37.8 Å². The van der Waals surface area contributed by atoms with Crippen LogP contribution in [0.25, 0.3) is 0 Å². The zero-order valence-corrected chi connectivity index (χ0v) is 18.0. The second-order valence-corrected chi connectivity index (χ2v) is 9.36. The normalized spacial score (nSPS) is 19.6. The third-order valence-corrected chi connectivity index (χ3v) is 7.64. The summed E-state index contributed by atoms with van der Waals surface area (Å²) in [6.07, 6.45) is 1.21. The van der Waals surface area contributed by atoms with Gasteiger partial charge in [-0.15, -0.1) is 12.4 Å². The molecule has 0 saturated carbocycles. The molecule has 1 amide bonds. The van der Waals surface area contributed by atoms with E-state index < -0.39 is 10.0 Å². The second-order valence-electron chi connectivity index (χ2n) is 7.48. The van der Waals surface area contributed by atoms with E-state index in [1.54, 1.807) is 4.31 Å². The zero-order valence-electron chi connectivity index (χ0n) is 16.3. The van der Waals surface area contributed by atoms with Gasteiger partial charge in [-0.2, -0.15) is 4.31 Å². The molecule has 0 unspecified atom stereocenters.